The average molecular weight is 452 g/mol. The normalized spacial score (nSPS) is 10.8. The van der Waals surface area contributed by atoms with E-state index in [1.54, 1.807) is 30.6 Å². The fourth-order valence-corrected chi connectivity index (χ4v) is 3.36. The molecular weight excluding hydrogens is 434 g/mol. The van der Waals surface area contributed by atoms with Crippen molar-refractivity contribution in [1.29, 1.82) is 0 Å². The third-order valence-corrected chi connectivity index (χ3v) is 4.97. The quantitative estimate of drug-likeness (QED) is 0.404. The second kappa shape index (κ2) is 7.92. The van der Waals surface area contributed by atoms with Crippen LogP contribution in [0.3, 0.4) is 0 Å². The fourth-order valence-electron chi connectivity index (χ4n) is 3.00. The van der Waals surface area contributed by atoms with Gasteiger partial charge in [-0.25, -0.2) is 4.98 Å². The van der Waals surface area contributed by atoms with Gasteiger partial charge in [0.1, 0.15) is 11.4 Å². The number of furan rings is 1. The Bertz CT molecular complexity index is 1200. The first-order valence-electron chi connectivity index (χ1n) is 8.90. The lowest BCUT2D eigenvalue weighted by Gasteiger charge is -2.09. The van der Waals surface area contributed by atoms with Gasteiger partial charge in [-0.15, -0.1) is 0 Å². The van der Waals surface area contributed by atoms with Crippen LogP contribution in [-0.2, 0) is 6.54 Å². The lowest BCUT2D eigenvalue weighted by atomic mass is 10.1. The first-order valence-corrected chi connectivity index (χ1v) is 9.70. The van der Waals surface area contributed by atoms with Gasteiger partial charge in [0.05, 0.1) is 17.9 Å². The van der Waals surface area contributed by atoms with Crippen molar-refractivity contribution in [3.63, 3.8) is 0 Å². The topological polar surface area (TPSA) is 106 Å². The molecule has 0 saturated carbocycles. The second-order valence-electron chi connectivity index (χ2n) is 6.48. The van der Waals surface area contributed by atoms with Crippen LogP contribution in [0.1, 0.15) is 21.8 Å². The molecule has 0 spiro atoms. The standard InChI is InChI=1S/C21H18BrN5O2/c1-12-16-9-13(22)4-5-18(16)29-19(12)21(28)27-14-6-8-24-15(10-14)11-26-17-3-2-7-25-20(17)23/h2-10,26H,11H2,1H3,(H2,23,25)(H,24,27,28). The molecule has 0 saturated heterocycles. The van der Waals surface area contributed by atoms with Gasteiger partial charge in [-0.3, -0.25) is 9.78 Å². The van der Waals surface area contributed by atoms with E-state index in [-0.39, 0.29) is 11.7 Å². The second-order valence-corrected chi connectivity index (χ2v) is 7.39. The molecule has 0 atom stereocenters. The molecule has 0 aliphatic rings. The van der Waals surface area contributed by atoms with Gasteiger partial charge >= 0.3 is 0 Å². The van der Waals surface area contributed by atoms with E-state index in [2.05, 4.69) is 36.5 Å². The Morgan fingerprint density at radius 2 is 2.03 bits per heavy atom. The van der Waals surface area contributed by atoms with Crippen LogP contribution in [0.15, 0.2) is 63.7 Å². The summed E-state index contributed by atoms with van der Waals surface area (Å²) in [7, 11) is 0. The number of nitrogen functional groups attached to an aromatic ring is 1. The number of amides is 1. The SMILES string of the molecule is Cc1c(C(=O)Nc2ccnc(CNc3cccnc3N)c2)oc2ccc(Br)cc12. The van der Waals surface area contributed by atoms with Crippen LogP contribution in [0.2, 0.25) is 0 Å². The molecule has 146 valence electrons. The molecule has 29 heavy (non-hydrogen) atoms. The highest BCUT2D eigenvalue weighted by molar-refractivity contribution is 9.10. The van der Waals surface area contributed by atoms with Crippen LogP contribution in [0.25, 0.3) is 11.0 Å². The van der Waals surface area contributed by atoms with Gasteiger partial charge in [0.15, 0.2) is 5.76 Å². The number of nitrogens with two attached hydrogens (primary N) is 1. The number of carbonyl (C=O) groups is 1. The molecule has 3 heterocycles. The van der Waals surface area contributed by atoms with Crippen molar-refractivity contribution < 1.29 is 9.21 Å². The zero-order chi connectivity index (χ0) is 20.4. The number of nitrogens with zero attached hydrogens (tertiary/aromatic N) is 2. The van der Waals surface area contributed by atoms with Crippen molar-refractivity contribution >= 4 is 50.0 Å². The minimum absolute atomic E-state index is 0.290. The van der Waals surface area contributed by atoms with E-state index in [4.69, 9.17) is 10.2 Å². The number of halogens is 1. The Hall–Kier alpha value is -3.39. The van der Waals surface area contributed by atoms with E-state index >= 15 is 0 Å². The number of hydrogen-bond donors (Lipinski definition) is 3. The summed E-state index contributed by atoms with van der Waals surface area (Å²) in [5.74, 6) is 0.401. The number of nitrogens with one attached hydrogen (secondary N) is 2. The maximum atomic E-state index is 12.7. The maximum absolute atomic E-state index is 12.7. The number of carbonyl (C=O) groups excluding carboxylic acids is 1. The number of pyridine rings is 2. The molecule has 4 rings (SSSR count). The first-order chi connectivity index (χ1) is 14.0. The monoisotopic (exact) mass is 451 g/mol. The number of aromatic nitrogens is 2. The highest BCUT2D eigenvalue weighted by Gasteiger charge is 2.18. The molecule has 4 N–H and O–H groups in total. The van der Waals surface area contributed by atoms with Crippen LogP contribution in [-0.4, -0.2) is 15.9 Å². The number of rotatable bonds is 5. The molecule has 0 aliphatic carbocycles. The van der Waals surface area contributed by atoms with Crippen molar-refractivity contribution in [1.82, 2.24) is 9.97 Å². The number of benzene rings is 1. The fraction of sp³-hybridized carbons (Fsp3) is 0.0952. The molecule has 0 unspecified atom stereocenters. The number of aryl methyl sites for hydroxylation is 1. The Balaban J connectivity index is 1.50. The number of anilines is 3. The number of fused-ring (bicyclic) bond motifs is 1. The molecule has 3 aromatic heterocycles. The molecule has 7 nitrogen and oxygen atoms in total. The summed E-state index contributed by atoms with van der Waals surface area (Å²) in [4.78, 5) is 21.1. The van der Waals surface area contributed by atoms with Gasteiger partial charge in [0.25, 0.3) is 5.91 Å². The van der Waals surface area contributed by atoms with Gasteiger partial charge in [-0.1, -0.05) is 15.9 Å². The highest BCUT2D eigenvalue weighted by atomic mass is 79.9. The van der Waals surface area contributed by atoms with Crippen molar-refractivity contribution in [2.24, 2.45) is 0 Å². The van der Waals surface area contributed by atoms with Gasteiger partial charge in [-0.05, 0) is 49.4 Å². The average Bonchev–Trinajstić information content (AvgIpc) is 3.04. The Kier molecular flexibility index (Phi) is 5.18. The van der Waals surface area contributed by atoms with Crippen molar-refractivity contribution in [3.05, 3.63) is 76.3 Å². The number of hydrogen-bond acceptors (Lipinski definition) is 6. The third-order valence-electron chi connectivity index (χ3n) is 4.48. The van der Waals surface area contributed by atoms with Gasteiger partial charge < -0.3 is 20.8 Å². The summed E-state index contributed by atoms with van der Waals surface area (Å²) < 4.78 is 6.69. The van der Waals surface area contributed by atoms with Crippen LogP contribution >= 0.6 is 15.9 Å². The Labute approximate surface area is 175 Å². The van der Waals surface area contributed by atoms with E-state index < -0.39 is 0 Å². The van der Waals surface area contributed by atoms with Crippen LogP contribution in [0.4, 0.5) is 17.2 Å². The molecule has 0 aliphatic heterocycles. The lowest BCUT2D eigenvalue weighted by Crippen LogP contribution is -2.13. The lowest BCUT2D eigenvalue weighted by molar-refractivity contribution is 0.0998. The van der Waals surface area contributed by atoms with E-state index in [9.17, 15) is 4.79 Å². The van der Waals surface area contributed by atoms with Crippen LogP contribution < -0.4 is 16.4 Å². The van der Waals surface area contributed by atoms with Gasteiger partial charge in [-0.2, -0.15) is 0 Å². The van der Waals surface area contributed by atoms with Crippen LogP contribution in [0.5, 0.6) is 0 Å². The summed E-state index contributed by atoms with van der Waals surface area (Å²) in [6, 6.07) is 12.8. The minimum Gasteiger partial charge on any atom is -0.451 e. The molecule has 0 radical (unpaired) electrons. The first kappa shape index (κ1) is 18.9. The Morgan fingerprint density at radius 1 is 1.17 bits per heavy atom. The van der Waals surface area contributed by atoms with E-state index in [0.29, 0.717) is 23.6 Å². The minimum atomic E-state index is -0.309. The summed E-state index contributed by atoms with van der Waals surface area (Å²) in [6.07, 6.45) is 3.27. The molecule has 1 amide bonds. The predicted molar refractivity (Wildman–Crippen MR) is 117 cm³/mol. The zero-order valence-electron chi connectivity index (χ0n) is 15.6. The molecule has 0 bridgehead atoms. The van der Waals surface area contributed by atoms with Crippen molar-refractivity contribution in [3.8, 4) is 0 Å². The van der Waals surface area contributed by atoms with E-state index in [1.807, 2.05) is 31.2 Å². The van der Waals surface area contributed by atoms with Crippen molar-refractivity contribution in [2.75, 3.05) is 16.4 Å². The Morgan fingerprint density at radius 3 is 2.86 bits per heavy atom. The van der Waals surface area contributed by atoms with E-state index in [1.165, 1.54) is 0 Å². The zero-order valence-corrected chi connectivity index (χ0v) is 17.2. The molecule has 4 aromatic rings. The van der Waals surface area contributed by atoms with E-state index in [0.717, 1.165) is 26.8 Å². The summed E-state index contributed by atoms with van der Waals surface area (Å²) in [5.41, 5.74) is 9.40. The van der Waals surface area contributed by atoms with Crippen LogP contribution in [0, 0.1) is 6.92 Å². The predicted octanol–water partition coefficient (Wildman–Crippen LogP) is 4.74. The van der Waals surface area contributed by atoms with Gasteiger partial charge in [0, 0.05) is 33.5 Å². The third kappa shape index (κ3) is 4.07. The molecular formula is C21H18BrN5O2. The maximum Gasteiger partial charge on any atom is 0.291 e. The van der Waals surface area contributed by atoms with Crippen molar-refractivity contribution in [2.45, 2.75) is 13.5 Å². The van der Waals surface area contributed by atoms with Gasteiger partial charge in [0.2, 0.25) is 0 Å². The molecule has 1 aromatic carbocycles. The summed E-state index contributed by atoms with van der Waals surface area (Å²) in [5, 5.41) is 6.96. The summed E-state index contributed by atoms with van der Waals surface area (Å²) >= 11 is 3.44. The largest absolute Gasteiger partial charge is 0.451 e. The summed E-state index contributed by atoms with van der Waals surface area (Å²) in [6.45, 7) is 2.31. The molecule has 8 heteroatoms. The smallest absolute Gasteiger partial charge is 0.291 e. The highest BCUT2D eigenvalue weighted by Crippen LogP contribution is 2.28. The molecule has 0 fully saturated rings.